The Morgan fingerprint density at radius 3 is 2.89 bits per heavy atom. The molecule has 1 atom stereocenters. The number of halogens is 1. The van der Waals surface area contributed by atoms with Gasteiger partial charge in [0, 0.05) is 17.7 Å². The van der Waals surface area contributed by atoms with Gasteiger partial charge in [0.05, 0.1) is 12.1 Å². The summed E-state index contributed by atoms with van der Waals surface area (Å²) in [5.74, 6) is -1.37. The van der Waals surface area contributed by atoms with E-state index in [9.17, 15) is 9.90 Å². The van der Waals surface area contributed by atoms with Crippen molar-refractivity contribution in [3.05, 3.63) is 52.3 Å². The Morgan fingerprint density at radius 1 is 1.56 bits per heavy atom. The molecule has 1 aromatic heterocycles. The molecule has 4 nitrogen and oxygen atoms in total. The number of benzene rings is 1. The Balaban J connectivity index is 2.26. The molecule has 1 aromatic carbocycles. The largest absolute Gasteiger partial charge is 0.481 e. The normalized spacial score (nSPS) is 12.3. The summed E-state index contributed by atoms with van der Waals surface area (Å²) in [6.45, 7) is 0. The SMILES string of the molecule is Cn1cc(CC(C(=O)O)c2cccc(Br)c2)cn1. The molecule has 0 saturated carbocycles. The number of hydrogen-bond donors (Lipinski definition) is 1. The van der Waals surface area contributed by atoms with Gasteiger partial charge in [-0.3, -0.25) is 9.48 Å². The second kappa shape index (κ2) is 5.35. The van der Waals surface area contributed by atoms with Crippen LogP contribution in [0, 0.1) is 0 Å². The number of aliphatic carboxylic acids is 1. The van der Waals surface area contributed by atoms with Gasteiger partial charge in [-0.25, -0.2) is 0 Å². The third-order valence-corrected chi connectivity index (χ3v) is 3.24. The number of nitrogens with zero attached hydrogens (tertiary/aromatic N) is 2. The lowest BCUT2D eigenvalue weighted by Gasteiger charge is -2.11. The molecule has 0 fully saturated rings. The smallest absolute Gasteiger partial charge is 0.311 e. The van der Waals surface area contributed by atoms with Crippen molar-refractivity contribution >= 4 is 21.9 Å². The zero-order chi connectivity index (χ0) is 13.1. The summed E-state index contributed by atoms with van der Waals surface area (Å²) < 4.78 is 2.56. The average Bonchev–Trinajstić information content (AvgIpc) is 2.71. The predicted octanol–water partition coefficient (Wildman–Crippen LogP) is 2.59. The molecule has 0 radical (unpaired) electrons. The molecule has 2 rings (SSSR count). The van der Waals surface area contributed by atoms with Crippen LogP contribution in [0.15, 0.2) is 41.1 Å². The van der Waals surface area contributed by atoms with Gasteiger partial charge < -0.3 is 5.11 Å². The van der Waals surface area contributed by atoms with Gasteiger partial charge in [-0.2, -0.15) is 5.10 Å². The number of aromatic nitrogens is 2. The average molecular weight is 309 g/mol. The molecular weight excluding hydrogens is 296 g/mol. The quantitative estimate of drug-likeness (QED) is 0.944. The fraction of sp³-hybridized carbons (Fsp3) is 0.231. The van der Waals surface area contributed by atoms with Gasteiger partial charge in [0.1, 0.15) is 0 Å². The molecule has 1 heterocycles. The van der Waals surface area contributed by atoms with E-state index in [1.165, 1.54) is 0 Å². The fourth-order valence-electron chi connectivity index (χ4n) is 1.88. The molecule has 0 bridgehead atoms. The summed E-state index contributed by atoms with van der Waals surface area (Å²) in [5, 5.41) is 13.4. The summed E-state index contributed by atoms with van der Waals surface area (Å²) in [6, 6.07) is 7.40. The highest BCUT2D eigenvalue weighted by Gasteiger charge is 2.21. The molecule has 1 unspecified atom stereocenters. The molecule has 0 aliphatic heterocycles. The number of hydrogen-bond acceptors (Lipinski definition) is 2. The Labute approximate surface area is 113 Å². The maximum Gasteiger partial charge on any atom is 0.311 e. The van der Waals surface area contributed by atoms with E-state index in [1.807, 2.05) is 37.5 Å². The van der Waals surface area contributed by atoms with E-state index in [0.717, 1.165) is 15.6 Å². The zero-order valence-electron chi connectivity index (χ0n) is 9.88. The van der Waals surface area contributed by atoms with Gasteiger partial charge in [0.2, 0.25) is 0 Å². The first kappa shape index (κ1) is 12.8. The number of carboxylic acids is 1. The van der Waals surface area contributed by atoms with Crippen molar-refractivity contribution in [2.75, 3.05) is 0 Å². The Morgan fingerprint density at radius 2 is 2.33 bits per heavy atom. The minimum absolute atomic E-state index is 0.444. The van der Waals surface area contributed by atoms with Gasteiger partial charge in [-0.1, -0.05) is 28.1 Å². The predicted molar refractivity (Wildman–Crippen MR) is 71.4 cm³/mol. The molecule has 0 spiro atoms. The zero-order valence-corrected chi connectivity index (χ0v) is 11.5. The lowest BCUT2D eigenvalue weighted by atomic mass is 9.93. The van der Waals surface area contributed by atoms with Crippen LogP contribution in [0.25, 0.3) is 0 Å². The lowest BCUT2D eigenvalue weighted by molar-refractivity contribution is -0.138. The second-order valence-electron chi connectivity index (χ2n) is 4.17. The summed E-state index contributed by atoms with van der Waals surface area (Å²) in [7, 11) is 1.82. The minimum atomic E-state index is -0.822. The highest BCUT2D eigenvalue weighted by atomic mass is 79.9. The first-order valence-electron chi connectivity index (χ1n) is 5.52. The van der Waals surface area contributed by atoms with E-state index in [0.29, 0.717) is 6.42 Å². The van der Waals surface area contributed by atoms with Crippen LogP contribution in [0.4, 0.5) is 0 Å². The first-order chi connectivity index (χ1) is 8.56. The molecule has 0 saturated heterocycles. The fourth-order valence-corrected chi connectivity index (χ4v) is 2.30. The van der Waals surface area contributed by atoms with E-state index >= 15 is 0 Å². The van der Waals surface area contributed by atoms with Crippen molar-refractivity contribution in [2.24, 2.45) is 7.05 Å². The summed E-state index contributed by atoms with van der Waals surface area (Å²) >= 11 is 3.36. The molecule has 0 aliphatic rings. The van der Waals surface area contributed by atoms with Crippen LogP contribution in [0.3, 0.4) is 0 Å². The molecule has 2 aromatic rings. The van der Waals surface area contributed by atoms with E-state index in [2.05, 4.69) is 21.0 Å². The summed E-state index contributed by atoms with van der Waals surface area (Å²) in [5.41, 5.74) is 1.71. The van der Waals surface area contributed by atoms with Crippen LogP contribution in [0.5, 0.6) is 0 Å². The van der Waals surface area contributed by atoms with Crippen molar-refractivity contribution < 1.29 is 9.90 Å². The molecule has 94 valence electrons. The molecule has 5 heteroatoms. The summed E-state index contributed by atoms with van der Waals surface area (Å²) in [4.78, 5) is 11.4. The topological polar surface area (TPSA) is 55.1 Å². The molecule has 0 amide bonds. The van der Waals surface area contributed by atoms with E-state index in [1.54, 1.807) is 10.9 Å². The van der Waals surface area contributed by atoms with E-state index in [-0.39, 0.29) is 0 Å². The van der Waals surface area contributed by atoms with Crippen molar-refractivity contribution in [1.82, 2.24) is 9.78 Å². The van der Waals surface area contributed by atoms with Gasteiger partial charge >= 0.3 is 5.97 Å². The van der Waals surface area contributed by atoms with Crippen LogP contribution in [-0.2, 0) is 18.3 Å². The first-order valence-corrected chi connectivity index (χ1v) is 6.31. The molecular formula is C13H13BrN2O2. The van der Waals surface area contributed by atoms with E-state index in [4.69, 9.17) is 0 Å². The highest BCUT2D eigenvalue weighted by Crippen LogP contribution is 2.24. The maximum absolute atomic E-state index is 11.4. The van der Waals surface area contributed by atoms with Crippen LogP contribution in [-0.4, -0.2) is 20.9 Å². The van der Waals surface area contributed by atoms with Gasteiger partial charge in [0.15, 0.2) is 0 Å². The minimum Gasteiger partial charge on any atom is -0.481 e. The molecule has 0 aliphatic carbocycles. The molecule has 1 N–H and O–H groups in total. The Kier molecular flexibility index (Phi) is 3.81. The van der Waals surface area contributed by atoms with Crippen LogP contribution >= 0.6 is 15.9 Å². The van der Waals surface area contributed by atoms with Crippen molar-refractivity contribution in [3.63, 3.8) is 0 Å². The van der Waals surface area contributed by atoms with E-state index < -0.39 is 11.9 Å². The molecule has 18 heavy (non-hydrogen) atoms. The summed E-state index contributed by atoms with van der Waals surface area (Å²) in [6.07, 6.45) is 3.99. The second-order valence-corrected chi connectivity index (χ2v) is 5.09. The Hall–Kier alpha value is -1.62. The van der Waals surface area contributed by atoms with Crippen LogP contribution in [0.1, 0.15) is 17.0 Å². The Bertz CT molecular complexity index is 566. The lowest BCUT2D eigenvalue weighted by Crippen LogP contribution is -2.14. The third kappa shape index (κ3) is 2.98. The van der Waals surface area contributed by atoms with Crippen molar-refractivity contribution in [2.45, 2.75) is 12.3 Å². The number of aryl methyl sites for hydroxylation is 1. The van der Waals surface area contributed by atoms with Crippen LogP contribution < -0.4 is 0 Å². The monoisotopic (exact) mass is 308 g/mol. The van der Waals surface area contributed by atoms with Gasteiger partial charge in [0.25, 0.3) is 0 Å². The van der Waals surface area contributed by atoms with Crippen molar-refractivity contribution in [3.8, 4) is 0 Å². The number of carbonyl (C=O) groups is 1. The van der Waals surface area contributed by atoms with Crippen LogP contribution in [0.2, 0.25) is 0 Å². The van der Waals surface area contributed by atoms with Gasteiger partial charge in [-0.15, -0.1) is 0 Å². The highest BCUT2D eigenvalue weighted by molar-refractivity contribution is 9.10. The number of rotatable bonds is 4. The van der Waals surface area contributed by atoms with Crippen molar-refractivity contribution in [1.29, 1.82) is 0 Å². The standard InChI is InChI=1S/C13H13BrN2O2/c1-16-8-9(7-15-16)5-12(13(17)18)10-3-2-4-11(14)6-10/h2-4,6-8,12H,5H2,1H3,(H,17,18). The van der Waals surface area contributed by atoms with Gasteiger partial charge in [-0.05, 0) is 29.7 Å². The number of carboxylic acid groups (broad SMARTS) is 1. The maximum atomic E-state index is 11.4. The third-order valence-electron chi connectivity index (χ3n) is 2.75.